The van der Waals surface area contributed by atoms with Crippen LogP contribution >= 0.6 is 0 Å². The van der Waals surface area contributed by atoms with Gasteiger partial charge in [-0.25, -0.2) is 0 Å². The van der Waals surface area contributed by atoms with Gasteiger partial charge >= 0.3 is 0 Å². The van der Waals surface area contributed by atoms with Crippen molar-refractivity contribution in [2.75, 3.05) is 30.4 Å². The van der Waals surface area contributed by atoms with Crippen molar-refractivity contribution in [2.24, 2.45) is 0 Å². The van der Waals surface area contributed by atoms with Crippen LogP contribution in [0.1, 0.15) is 15.9 Å². The molecular weight excluding hydrogens is 362 g/mol. The van der Waals surface area contributed by atoms with Gasteiger partial charge in [0.1, 0.15) is 0 Å². The minimum atomic E-state index is -0.0820. The summed E-state index contributed by atoms with van der Waals surface area (Å²) in [6, 6.07) is 26.7. The predicted octanol–water partition coefficient (Wildman–Crippen LogP) is 3.73. The average molecular weight is 387 g/mol. The van der Waals surface area contributed by atoms with E-state index in [0.717, 1.165) is 17.8 Å². The molecule has 5 nitrogen and oxygen atoms in total. The van der Waals surface area contributed by atoms with Gasteiger partial charge in [0.15, 0.2) is 0 Å². The van der Waals surface area contributed by atoms with E-state index < -0.39 is 0 Å². The lowest BCUT2D eigenvalue weighted by Crippen LogP contribution is -2.31. The highest BCUT2D eigenvalue weighted by Crippen LogP contribution is 2.16. The lowest BCUT2D eigenvalue weighted by atomic mass is 10.1. The molecular formula is C24H25N3O2. The number of nitrogens with one attached hydrogen (secondary N) is 2. The van der Waals surface area contributed by atoms with Crippen LogP contribution in [0.3, 0.4) is 0 Å². The Labute approximate surface area is 171 Å². The second-order valence-corrected chi connectivity index (χ2v) is 6.72. The second kappa shape index (κ2) is 10.1. The molecule has 3 aromatic carbocycles. The van der Waals surface area contributed by atoms with Crippen LogP contribution in [0.2, 0.25) is 0 Å². The Kier molecular flexibility index (Phi) is 7.00. The monoisotopic (exact) mass is 387 g/mol. The maximum atomic E-state index is 12.6. The van der Waals surface area contributed by atoms with E-state index in [1.54, 1.807) is 24.1 Å². The van der Waals surface area contributed by atoms with Gasteiger partial charge in [-0.1, -0.05) is 48.5 Å². The zero-order valence-electron chi connectivity index (χ0n) is 16.5. The number of rotatable bonds is 8. The highest BCUT2D eigenvalue weighted by molar-refractivity contribution is 6.05. The van der Waals surface area contributed by atoms with E-state index in [0.29, 0.717) is 12.1 Å². The normalized spacial score (nSPS) is 10.2. The van der Waals surface area contributed by atoms with Crippen LogP contribution in [0.15, 0.2) is 84.9 Å². The average Bonchev–Trinajstić information content (AvgIpc) is 2.78. The Morgan fingerprint density at radius 1 is 0.828 bits per heavy atom. The maximum Gasteiger partial charge on any atom is 0.258 e. The molecule has 0 aliphatic rings. The first-order valence-corrected chi connectivity index (χ1v) is 9.61. The summed E-state index contributed by atoms with van der Waals surface area (Å²) in [7, 11) is 1.75. The van der Waals surface area contributed by atoms with E-state index in [1.807, 2.05) is 72.8 Å². The molecule has 0 aromatic heterocycles. The Balaban J connectivity index is 1.45. The highest BCUT2D eigenvalue weighted by Gasteiger charge is 2.13. The first-order valence-electron chi connectivity index (χ1n) is 9.61. The Bertz CT molecular complexity index is 925. The van der Waals surface area contributed by atoms with Crippen LogP contribution in [0.25, 0.3) is 0 Å². The Morgan fingerprint density at radius 3 is 2.10 bits per heavy atom. The van der Waals surface area contributed by atoms with Crippen molar-refractivity contribution in [1.29, 1.82) is 0 Å². The molecule has 0 unspecified atom stereocenters. The number of nitrogens with zero attached hydrogens (tertiary/aromatic N) is 1. The van der Waals surface area contributed by atoms with Gasteiger partial charge in [0.2, 0.25) is 5.91 Å². The van der Waals surface area contributed by atoms with E-state index in [9.17, 15) is 9.59 Å². The number of anilines is 2. The second-order valence-electron chi connectivity index (χ2n) is 6.72. The lowest BCUT2D eigenvalue weighted by Gasteiger charge is -2.17. The van der Waals surface area contributed by atoms with Gasteiger partial charge in [-0.05, 0) is 48.4 Å². The maximum absolute atomic E-state index is 12.6. The molecule has 0 aliphatic carbocycles. The van der Waals surface area contributed by atoms with Crippen molar-refractivity contribution >= 4 is 23.2 Å². The largest absolute Gasteiger partial charge is 0.376 e. The van der Waals surface area contributed by atoms with Gasteiger partial charge in [0.25, 0.3) is 5.91 Å². The van der Waals surface area contributed by atoms with Gasteiger partial charge in [-0.3, -0.25) is 9.59 Å². The minimum absolute atomic E-state index is 0.0649. The Hall–Kier alpha value is -3.60. The predicted molar refractivity (Wildman–Crippen MR) is 117 cm³/mol. The molecule has 0 heterocycles. The molecule has 29 heavy (non-hydrogen) atoms. The third-order valence-electron chi connectivity index (χ3n) is 4.61. The molecule has 3 rings (SSSR count). The minimum Gasteiger partial charge on any atom is -0.376 e. The number of carbonyl (C=O) groups excluding carboxylic acids is 2. The quantitative estimate of drug-likeness (QED) is 0.619. The van der Waals surface area contributed by atoms with Crippen LogP contribution in [0, 0.1) is 0 Å². The molecule has 0 atom stereocenters. The van der Waals surface area contributed by atoms with Gasteiger partial charge in [-0.15, -0.1) is 0 Å². The smallest absolute Gasteiger partial charge is 0.258 e. The summed E-state index contributed by atoms with van der Waals surface area (Å²) >= 11 is 0. The molecule has 5 heteroatoms. The zero-order chi connectivity index (χ0) is 20.5. The highest BCUT2D eigenvalue weighted by atomic mass is 16.2. The molecule has 3 aromatic rings. The van der Waals surface area contributed by atoms with Crippen LogP contribution in [0.5, 0.6) is 0 Å². The van der Waals surface area contributed by atoms with E-state index in [2.05, 4.69) is 10.6 Å². The van der Waals surface area contributed by atoms with Crippen LogP contribution in [0.4, 0.5) is 11.4 Å². The molecule has 2 N–H and O–H groups in total. The van der Waals surface area contributed by atoms with Gasteiger partial charge in [0, 0.05) is 30.5 Å². The lowest BCUT2D eigenvalue weighted by molar-refractivity contribution is -0.119. The van der Waals surface area contributed by atoms with Crippen molar-refractivity contribution in [2.45, 2.75) is 6.42 Å². The van der Waals surface area contributed by atoms with E-state index >= 15 is 0 Å². The fourth-order valence-corrected chi connectivity index (χ4v) is 2.93. The third-order valence-corrected chi connectivity index (χ3v) is 4.61. The number of hydrogen-bond acceptors (Lipinski definition) is 3. The summed E-state index contributed by atoms with van der Waals surface area (Å²) in [4.78, 5) is 26.2. The van der Waals surface area contributed by atoms with E-state index in [1.165, 1.54) is 5.56 Å². The van der Waals surface area contributed by atoms with Crippen molar-refractivity contribution in [3.8, 4) is 0 Å². The molecule has 148 valence electrons. The summed E-state index contributed by atoms with van der Waals surface area (Å²) in [6.07, 6.45) is 0.804. The fraction of sp³-hybridized carbons (Fsp3) is 0.167. The molecule has 0 saturated heterocycles. The standard InChI is InChI=1S/C24H25N3O2/c1-27(22-10-6-3-7-11-22)24(29)20-12-14-21(15-13-20)26-18-23(28)25-17-16-19-8-4-2-5-9-19/h2-15,26H,16-18H2,1H3,(H,25,28). The van der Waals surface area contributed by atoms with E-state index in [-0.39, 0.29) is 18.4 Å². The van der Waals surface area contributed by atoms with Crippen molar-refractivity contribution < 1.29 is 9.59 Å². The summed E-state index contributed by atoms with van der Waals surface area (Å²) in [5.41, 5.74) is 3.42. The molecule has 0 fully saturated rings. The number of para-hydroxylation sites is 1. The molecule has 0 saturated carbocycles. The van der Waals surface area contributed by atoms with Crippen molar-refractivity contribution in [1.82, 2.24) is 5.32 Å². The first-order chi connectivity index (χ1) is 14.1. The third kappa shape index (κ3) is 5.94. The molecule has 0 radical (unpaired) electrons. The van der Waals surface area contributed by atoms with Gasteiger partial charge < -0.3 is 15.5 Å². The molecule has 0 bridgehead atoms. The number of hydrogen-bond donors (Lipinski definition) is 2. The molecule has 0 spiro atoms. The SMILES string of the molecule is CN(C(=O)c1ccc(NCC(=O)NCCc2ccccc2)cc1)c1ccccc1. The molecule has 2 amide bonds. The van der Waals surface area contributed by atoms with Gasteiger partial charge in [0.05, 0.1) is 6.54 Å². The number of carbonyl (C=O) groups is 2. The summed E-state index contributed by atoms with van der Waals surface area (Å²) in [6.45, 7) is 0.787. The van der Waals surface area contributed by atoms with Crippen LogP contribution in [-0.4, -0.2) is 32.0 Å². The van der Waals surface area contributed by atoms with Gasteiger partial charge in [-0.2, -0.15) is 0 Å². The first kappa shape index (κ1) is 20.1. The van der Waals surface area contributed by atoms with Crippen molar-refractivity contribution in [3.63, 3.8) is 0 Å². The van der Waals surface area contributed by atoms with E-state index in [4.69, 9.17) is 0 Å². The molecule has 0 aliphatic heterocycles. The Morgan fingerprint density at radius 2 is 1.45 bits per heavy atom. The fourth-order valence-electron chi connectivity index (χ4n) is 2.93. The van der Waals surface area contributed by atoms with Crippen LogP contribution in [-0.2, 0) is 11.2 Å². The summed E-state index contributed by atoms with van der Waals surface area (Å²) in [5.74, 6) is -0.147. The summed E-state index contributed by atoms with van der Waals surface area (Å²) in [5, 5.41) is 5.99. The van der Waals surface area contributed by atoms with Crippen LogP contribution < -0.4 is 15.5 Å². The summed E-state index contributed by atoms with van der Waals surface area (Å²) < 4.78 is 0. The number of benzene rings is 3. The topological polar surface area (TPSA) is 61.4 Å². The zero-order valence-corrected chi connectivity index (χ0v) is 16.5. The van der Waals surface area contributed by atoms with Crippen molar-refractivity contribution in [3.05, 3.63) is 96.1 Å². The number of amides is 2.